The average molecular weight is 294 g/mol. The van der Waals surface area contributed by atoms with Crippen LogP contribution in [0, 0.1) is 18.3 Å². The zero-order chi connectivity index (χ0) is 14.4. The minimum Gasteiger partial charge on any atom is -0.222 e. The van der Waals surface area contributed by atoms with Crippen LogP contribution in [0.25, 0.3) is 16.7 Å². The van der Waals surface area contributed by atoms with Crippen molar-refractivity contribution in [2.24, 2.45) is 0 Å². The predicted octanol–water partition coefficient (Wildman–Crippen LogP) is 3.74. The number of hydrogen-bond donors (Lipinski definition) is 0. The van der Waals surface area contributed by atoms with Crippen LogP contribution in [0.15, 0.2) is 29.8 Å². The van der Waals surface area contributed by atoms with E-state index in [0.717, 1.165) is 46.6 Å². The standard InChI is InChI=1S/C16H14N4S/c1-11-19-15(9-21-11)20-14-7-13(4-3-12(14)8-18-20)16(10-17)5-2-6-16/h3-4,7-9H,2,5-6H2,1H3. The van der Waals surface area contributed by atoms with Gasteiger partial charge in [-0.05, 0) is 37.8 Å². The molecule has 1 aliphatic carbocycles. The van der Waals surface area contributed by atoms with Gasteiger partial charge in [0.05, 0.1) is 28.2 Å². The van der Waals surface area contributed by atoms with Gasteiger partial charge < -0.3 is 0 Å². The Hall–Kier alpha value is -2.19. The topological polar surface area (TPSA) is 54.5 Å². The van der Waals surface area contributed by atoms with Crippen molar-refractivity contribution in [1.29, 1.82) is 5.26 Å². The molecule has 0 aliphatic heterocycles. The van der Waals surface area contributed by atoms with Gasteiger partial charge in [-0.25, -0.2) is 9.67 Å². The van der Waals surface area contributed by atoms with Crippen LogP contribution < -0.4 is 0 Å². The summed E-state index contributed by atoms with van der Waals surface area (Å²) in [5.74, 6) is 0.851. The fraction of sp³-hybridized carbons (Fsp3) is 0.312. The molecule has 1 aromatic carbocycles. The van der Waals surface area contributed by atoms with E-state index < -0.39 is 0 Å². The first-order valence-corrected chi connectivity index (χ1v) is 7.92. The Bertz CT molecular complexity index is 864. The molecule has 0 spiro atoms. The Balaban J connectivity index is 1.89. The number of nitrogens with zero attached hydrogens (tertiary/aromatic N) is 4. The molecule has 0 N–H and O–H groups in total. The van der Waals surface area contributed by atoms with Crippen molar-refractivity contribution in [3.63, 3.8) is 0 Å². The first-order valence-electron chi connectivity index (χ1n) is 7.04. The highest BCUT2D eigenvalue weighted by Gasteiger charge is 2.39. The predicted molar refractivity (Wildman–Crippen MR) is 82.6 cm³/mol. The second-order valence-corrected chi connectivity index (χ2v) is 6.66. The van der Waals surface area contributed by atoms with E-state index in [4.69, 9.17) is 0 Å². The maximum absolute atomic E-state index is 9.52. The molecule has 1 saturated carbocycles. The van der Waals surface area contributed by atoms with Gasteiger partial charge in [0.15, 0.2) is 5.82 Å². The van der Waals surface area contributed by atoms with Crippen molar-refractivity contribution < 1.29 is 0 Å². The first-order chi connectivity index (χ1) is 10.2. The lowest BCUT2D eigenvalue weighted by Crippen LogP contribution is -2.32. The SMILES string of the molecule is Cc1nc(-n2ncc3ccc(C4(C#N)CCC4)cc32)cs1. The normalized spacial score (nSPS) is 16.6. The third kappa shape index (κ3) is 1.79. The summed E-state index contributed by atoms with van der Waals surface area (Å²) >= 11 is 1.62. The highest BCUT2D eigenvalue weighted by atomic mass is 32.1. The number of rotatable bonds is 2. The van der Waals surface area contributed by atoms with Crippen LogP contribution >= 0.6 is 11.3 Å². The van der Waals surface area contributed by atoms with Crippen LogP contribution in [0.1, 0.15) is 29.8 Å². The van der Waals surface area contributed by atoms with Crippen LogP contribution in [0.4, 0.5) is 0 Å². The number of nitriles is 1. The van der Waals surface area contributed by atoms with E-state index in [9.17, 15) is 5.26 Å². The van der Waals surface area contributed by atoms with Gasteiger partial charge in [0.1, 0.15) is 0 Å². The summed E-state index contributed by atoms with van der Waals surface area (Å²) in [6.45, 7) is 1.99. The highest BCUT2D eigenvalue weighted by molar-refractivity contribution is 7.09. The lowest BCUT2D eigenvalue weighted by molar-refractivity contribution is 0.324. The molecular formula is C16H14N4S. The van der Waals surface area contributed by atoms with Gasteiger partial charge in [-0.2, -0.15) is 10.4 Å². The fourth-order valence-electron chi connectivity index (χ4n) is 2.94. The molecule has 4 nitrogen and oxygen atoms in total. The van der Waals surface area contributed by atoms with E-state index in [1.165, 1.54) is 0 Å². The average Bonchev–Trinajstić information content (AvgIpc) is 3.03. The summed E-state index contributed by atoms with van der Waals surface area (Å²) in [5.41, 5.74) is 1.85. The van der Waals surface area contributed by atoms with Crippen molar-refractivity contribution in [3.05, 3.63) is 40.3 Å². The van der Waals surface area contributed by atoms with Crippen molar-refractivity contribution in [1.82, 2.24) is 14.8 Å². The van der Waals surface area contributed by atoms with Crippen molar-refractivity contribution >= 4 is 22.2 Å². The molecule has 2 heterocycles. The minimum atomic E-state index is -0.290. The third-order valence-electron chi connectivity index (χ3n) is 4.37. The highest BCUT2D eigenvalue weighted by Crippen LogP contribution is 2.43. The summed E-state index contributed by atoms with van der Waals surface area (Å²) in [4.78, 5) is 4.50. The Labute approximate surface area is 126 Å². The lowest BCUT2D eigenvalue weighted by atomic mass is 9.65. The number of aromatic nitrogens is 3. The Morgan fingerprint density at radius 2 is 2.24 bits per heavy atom. The zero-order valence-corrected chi connectivity index (χ0v) is 12.5. The Kier molecular flexibility index (Phi) is 2.63. The summed E-state index contributed by atoms with van der Waals surface area (Å²) in [7, 11) is 0. The molecule has 1 aliphatic rings. The molecule has 0 bridgehead atoms. The van der Waals surface area contributed by atoms with E-state index in [1.807, 2.05) is 23.2 Å². The number of aryl methyl sites for hydroxylation is 1. The van der Waals surface area contributed by atoms with Crippen LogP contribution in [-0.4, -0.2) is 14.8 Å². The first kappa shape index (κ1) is 12.5. The van der Waals surface area contributed by atoms with E-state index in [1.54, 1.807) is 11.3 Å². The van der Waals surface area contributed by atoms with Gasteiger partial charge in [-0.3, -0.25) is 0 Å². The molecule has 3 aromatic rings. The van der Waals surface area contributed by atoms with E-state index in [0.29, 0.717) is 0 Å². The maximum Gasteiger partial charge on any atom is 0.165 e. The van der Waals surface area contributed by atoms with Crippen molar-refractivity contribution in [2.45, 2.75) is 31.6 Å². The van der Waals surface area contributed by atoms with Gasteiger partial charge in [0.2, 0.25) is 0 Å². The van der Waals surface area contributed by atoms with Crippen molar-refractivity contribution in [3.8, 4) is 11.9 Å². The molecule has 0 amide bonds. The van der Waals surface area contributed by atoms with E-state index in [-0.39, 0.29) is 5.41 Å². The van der Waals surface area contributed by atoms with Crippen LogP contribution in [-0.2, 0) is 5.41 Å². The Morgan fingerprint density at radius 1 is 1.38 bits per heavy atom. The number of hydrogen-bond acceptors (Lipinski definition) is 4. The molecule has 0 saturated heterocycles. The summed E-state index contributed by atoms with van der Waals surface area (Å²) in [6.07, 6.45) is 4.90. The number of thiazole rings is 1. The van der Waals surface area contributed by atoms with Crippen LogP contribution in [0.2, 0.25) is 0 Å². The van der Waals surface area contributed by atoms with Gasteiger partial charge in [-0.1, -0.05) is 12.1 Å². The summed E-state index contributed by atoms with van der Waals surface area (Å²) < 4.78 is 1.87. The number of fused-ring (bicyclic) bond motifs is 1. The second kappa shape index (κ2) is 4.40. The van der Waals surface area contributed by atoms with Crippen LogP contribution in [0.5, 0.6) is 0 Å². The maximum atomic E-state index is 9.52. The Morgan fingerprint density at radius 3 is 2.86 bits per heavy atom. The second-order valence-electron chi connectivity index (χ2n) is 5.60. The largest absolute Gasteiger partial charge is 0.222 e. The van der Waals surface area contributed by atoms with Gasteiger partial charge >= 0.3 is 0 Å². The van der Waals surface area contributed by atoms with Gasteiger partial charge in [0.25, 0.3) is 0 Å². The molecule has 1 fully saturated rings. The fourth-order valence-corrected chi connectivity index (χ4v) is 3.52. The van der Waals surface area contributed by atoms with Crippen LogP contribution in [0.3, 0.4) is 0 Å². The third-order valence-corrected chi connectivity index (χ3v) is 5.13. The molecule has 0 atom stereocenters. The minimum absolute atomic E-state index is 0.290. The monoisotopic (exact) mass is 294 g/mol. The smallest absolute Gasteiger partial charge is 0.165 e. The lowest BCUT2D eigenvalue weighted by Gasteiger charge is -2.35. The molecule has 0 unspecified atom stereocenters. The van der Waals surface area contributed by atoms with E-state index >= 15 is 0 Å². The molecule has 0 radical (unpaired) electrons. The van der Waals surface area contributed by atoms with Crippen molar-refractivity contribution in [2.75, 3.05) is 0 Å². The molecular weight excluding hydrogens is 280 g/mol. The van der Waals surface area contributed by atoms with E-state index in [2.05, 4.69) is 34.4 Å². The molecule has 104 valence electrons. The summed E-state index contributed by atoms with van der Waals surface area (Å²) in [6, 6.07) is 8.75. The molecule has 5 heteroatoms. The number of benzene rings is 1. The summed E-state index contributed by atoms with van der Waals surface area (Å²) in [5, 5.41) is 18.1. The molecule has 21 heavy (non-hydrogen) atoms. The quantitative estimate of drug-likeness (QED) is 0.723. The van der Waals surface area contributed by atoms with Gasteiger partial charge in [0, 0.05) is 10.8 Å². The van der Waals surface area contributed by atoms with Gasteiger partial charge in [-0.15, -0.1) is 11.3 Å². The molecule has 4 rings (SSSR count). The molecule has 2 aromatic heterocycles. The zero-order valence-electron chi connectivity index (χ0n) is 11.7.